The zero-order valence-corrected chi connectivity index (χ0v) is 10.8. The average Bonchev–Trinajstić information content (AvgIpc) is 2.82. The van der Waals surface area contributed by atoms with Gasteiger partial charge in [-0.2, -0.15) is 0 Å². The normalized spacial score (nSPS) is 10.8. The molecule has 5 heteroatoms. The van der Waals surface area contributed by atoms with Gasteiger partial charge in [-0.1, -0.05) is 11.6 Å². The van der Waals surface area contributed by atoms with Gasteiger partial charge in [0.05, 0.1) is 11.2 Å². The van der Waals surface area contributed by atoms with Gasteiger partial charge in [0.15, 0.2) is 11.7 Å². The number of halogens is 2. The summed E-state index contributed by atoms with van der Waals surface area (Å²) in [6.07, 6.45) is 3.37. The zero-order valence-electron chi connectivity index (χ0n) is 10.0. The molecule has 0 atom stereocenters. The molecule has 1 heterocycles. The lowest BCUT2D eigenvalue weighted by molar-refractivity contribution is 0.495. The highest BCUT2D eigenvalue weighted by atomic mass is 35.5. The minimum atomic E-state index is -0.436. The number of hydrogen-bond acceptors (Lipinski definition) is 3. The zero-order chi connectivity index (χ0) is 13.0. The Bertz CT molecular complexity index is 527. The number of hydrogen-bond donors (Lipinski definition) is 1. The number of nitrogens with zero attached hydrogens (tertiary/aromatic N) is 1. The van der Waals surface area contributed by atoms with Gasteiger partial charge in [0.1, 0.15) is 5.82 Å². The fraction of sp³-hybridized carbons (Fsp3) is 0.308. The van der Waals surface area contributed by atoms with Crippen LogP contribution < -0.4 is 5.32 Å². The Hall–Kier alpha value is -1.39. The molecule has 1 N–H and O–H groups in total. The van der Waals surface area contributed by atoms with Gasteiger partial charge in [-0.3, -0.25) is 0 Å². The second-order valence-electron chi connectivity index (χ2n) is 3.95. The van der Waals surface area contributed by atoms with Crippen LogP contribution in [0.3, 0.4) is 0 Å². The van der Waals surface area contributed by atoms with Crippen molar-refractivity contribution in [1.82, 2.24) is 10.3 Å². The van der Waals surface area contributed by atoms with Crippen LogP contribution in [-0.4, -0.2) is 18.6 Å². The Morgan fingerprint density at radius 2 is 2.28 bits per heavy atom. The van der Waals surface area contributed by atoms with Crippen LogP contribution >= 0.6 is 11.6 Å². The van der Waals surface area contributed by atoms with E-state index >= 15 is 0 Å². The summed E-state index contributed by atoms with van der Waals surface area (Å²) in [5, 5.41) is 3.15. The number of benzene rings is 1. The highest BCUT2D eigenvalue weighted by Gasteiger charge is 2.08. The van der Waals surface area contributed by atoms with Crippen molar-refractivity contribution in [1.29, 1.82) is 0 Å². The molecular weight excluding hydrogens is 255 g/mol. The predicted molar refractivity (Wildman–Crippen MR) is 69.2 cm³/mol. The summed E-state index contributed by atoms with van der Waals surface area (Å²) < 4.78 is 18.6. The fourth-order valence-electron chi connectivity index (χ4n) is 1.63. The maximum atomic E-state index is 13.0. The highest BCUT2D eigenvalue weighted by Crippen LogP contribution is 2.25. The van der Waals surface area contributed by atoms with E-state index in [-0.39, 0.29) is 5.02 Å². The summed E-state index contributed by atoms with van der Waals surface area (Å²) in [7, 11) is 1.90. The molecule has 0 radical (unpaired) electrons. The number of aryl methyl sites for hydroxylation is 1. The first-order valence-corrected chi connectivity index (χ1v) is 6.13. The van der Waals surface area contributed by atoms with Crippen LogP contribution in [0.1, 0.15) is 12.3 Å². The number of aromatic nitrogens is 1. The van der Waals surface area contributed by atoms with Gasteiger partial charge in [0.2, 0.25) is 0 Å². The molecule has 96 valence electrons. The molecule has 0 saturated heterocycles. The molecule has 2 aromatic rings. The molecule has 3 nitrogen and oxygen atoms in total. The monoisotopic (exact) mass is 268 g/mol. The molecule has 0 fully saturated rings. The highest BCUT2D eigenvalue weighted by molar-refractivity contribution is 6.31. The van der Waals surface area contributed by atoms with E-state index in [0.29, 0.717) is 11.7 Å². The molecule has 0 aliphatic heterocycles. The van der Waals surface area contributed by atoms with Crippen LogP contribution in [0.25, 0.3) is 11.3 Å². The van der Waals surface area contributed by atoms with Crippen LogP contribution in [0, 0.1) is 5.82 Å². The van der Waals surface area contributed by atoms with Gasteiger partial charge in [-0.25, -0.2) is 9.37 Å². The fourth-order valence-corrected chi connectivity index (χ4v) is 1.81. The smallest absolute Gasteiger partial charge is 0.194 e. The molecule has 0 amide bonds. The van der Waals surface area contributed by atoms with E-state index in [9.17, 15) is 4.39 Å². The summed E-state index contributed by atoms with van der Waals surface area (Å²) in [5.41, 5.74) is 0.730. The van der Waals surface area contributed by atoms with E-state index in [0.717, 1.165) is 24.9 Å². The first-order valence-electron chi connectivity index (χ1n) is 5.75. The number of oxazole rings is 1. The van der Waals surface area contributed by atoms with Crippen molar-refractivity contribution < 1.29 is 8.81 Å². The SMILES string of the molecule is CNCCCc1ncc(-c2ccc(F)c(Cl)c2)o1. The van der Waals surface area contributed by atoms with Crippen molar-refractivity contribution in [3.05, 3.63) is 41.1 Å². The van der Waals surface area contributed by atoms with Crippen LogP contribution in [0.4, 0.5) is 4.39 Å². The Balaban J connectivity index is 2.11. The predicted octanol–water partition coefficient (Wildman–Crippen LogP) is 3.29. The third-order valence-corrected chi connectivity index (χ3v) is 2.86. The second kappa shape index (κ2) is 5.98. The minimum Gasteiger partial charge on any atom is -0.441 e. The third-order valence-electron chi connectivity index (χ3n) is 2.58. The summed E-state index contributed by atoms with van der Waals surface area (Å²) >= 11 is 5.73. The molecule has 1 aromatic heterocycles. The third kappa shape index (κ3) is 3.09. The molecular formula is C13H14ClFN2O. The number of rotatable bonds is 5. The molecule has 0 aliphatic carbocycles. The van der Waals surface area contributed by atoms with E-state index in [4.69, 9.17) is 16.0 Å². The van der Waals surface area contributed by atoms with E-state index in [1.165, 1.54) is 12.1 Å². The summed E-state index contributed by atoms with van der Waals surface area (Å²) in [6, 6.07) is 4.48. The molecule has 2 rings (SSSR count). The van der Waals surface area contributed by atoms with Crippen molar-refractivity contribution in [2.24, 2.45) is 0 Å². The van der Waals surface area contributed by atoms with Crippen LogP contribution in [-0.2, 0) is 6.42 Å². The Morgan fingerprint density at radius 3 is 3.00 bits per heavy atom. The molecule has 0 saturated carbocycles. The quantitative estimate of drug-likeness (QED) is 0.846. The molecule has 18 heavy (non-hydrogen) atoms. The van der Waals surface area contributed by atoms with Gasteiger partial charge in [-0.05, 0) is 38.2 Å². The molecule has 0 bridgehead atoms. The Kier molecular flexibility index (Phi) is 4.33. The second-order valence-corrected chi connectivity index (χ2v) is 4.36. The van der Waals surface area contributed by atoms with Gasteiger partial charge in [0, 0.05) is 12.0 Å². The van der Waals surface area contributed by atoms with Crippen LogP contribution in [0.5, 0.6) is 0 Å². The average molecular weight is 269 g/mol. The first kappa shape index (κ1) is 13.1. The van der Waals surface area contributed by atoms with E-state index < -0.39 is 5.82 Å². The summed E-state index contributed by atoms with van der Waals surface area (Å²) in [5.74, 6) is 0.853. The van der Waals surface area contributed by atoms with Crippen molar-refractivity contribution in [3.8, 4) is 11.3 Å². The maximum absolute atomic E-state index is 13.0. The van der Waals surface area contributed by atoms with Crippen molar-refractivity contribution in [2.75, 3.05) is 13.6 Å². The number of nitrogens with one attached hydrogen (secondary N) is 1. The largest absolute Gasteiger partial charge is 0.441 e. The van der Waals surface area contributed by atoms with Gasteiger partial charge < -0.3 is 9.73 Å². The topological polar surface area (TPSA) is 38.1 Å². The first-order chi connectivity index (χ1) is 8.70. The van der Waals surface area contributed by atoms with Crippen molar-refractivity contribution in [2.45, 2.75) is 12.8 Å². The van der Waals surface area contributed by atoms with E-state index in [1.54, 1.807) is 12.3 Å². The van der Waals surface area contributed by atoms with Gasteiger partial charge in [0.25, 0.3) is 0 Å². The lowest BCUT2D eigenvalue weighted by Crippen LogP contribution is -2.08. The Morgan fingerprint density at radius 1 is 1.44 bits per heavy atom. The van der Waals surface area contributed by atoms with E-state index in [1.807, 2.05) is 7.05 Å². The van der Waals surface area contributed by atoms with Gasteiger partial charge >= 0.3 is 0 Å². The lowest BCUT2D eigenvalue weighted by Gasteiger charge is -1.99. The molecule has 0 unspecified atom stereocenters. The molecule has 1 aromatic carbocycles. The standard InChI is InChI=1S/C13H14ClFN2O/c1-16-6-2-3-13-17-8-12(18-13)9-4-5-11(15)10(14)7-9/h4-5,7-8,16H,2-3,6H2,1H3. The maximum Gasteiger partial charge on any atom is 0.194 e. The Labute approximate surface area is 110 Å². The molecule has 0 spiro atoms. The lowest BCUT2D eigenvalue weighted by atomic mass is 10.2. The van der Waals surface area contributed by atoms with Gasteiger partial charge in [-0.15, -0.1) is 0 Å². The van der Waals surface area contributed by atoms with Crippen molar-refractivity contribution in [3.63, 3.8) is 0 Å². The summed E-state index contributed by atoms with van der Waals surface area (Å²) in [6.45, 7) is 0.917. The summed E-state index contributed by atoms with van der Waals surface area (Å²) in [4.78, 5) is 4.19. The van der Waals surface area contributed by atoms with Crippen molar-refractivity contribution >= 4 is 11.6 Å². The molecule has 0 aliphatic rings. The van der Waals surface area contributed by atoms with E-state index in [2.05, 4.69) is 10.3 Å². The van der Waals surface area contributed by atoms with Crippen LogP contribution in [0.2, 0.25) is 5.02 Å². The van der Waals surface area contributed by atoms with Crippen LogP contribution in [0.15, 0.2) is 28.8 Å². The minimum absolute atomic E-state index is 0.0839.